The Morgan fingerprint density at radius 1 is 1.19 bits per heavy atom. The Kier molecular flexibility index (Phi) is 8.80. The number of nitrogens with zero attached hydrogens (tertiary/aromatic N) is 3. The highest BCUT2D eigenvalue weighted by atomic mass is 16.2. The molecule has 0 atom stereocenters. The second kappa shape index (κ2) is 12.2. The standard InChI is InChI=1S/C31H41N5O/c1-6-8-25(19-21(2)3)30-29(22(4)5)26-20-24(9-10-27(26)35-30)23-12-17-36(18-13-23)28(37)11-16-34-31-32-14-7-15-33-31/h7-10,14-15,19-20,22-23,35H,6,11-13,16-18H2,1-5H3,(H,32,33,34)/b25-8+. The highest BCUT2D eigenvalue weighted by Crippen LogP contribution is 2.37. The Bertz CT molecular complexity index is 1260. The SMILES string of the molecule is CC/C=C(\C=C(C)C)c1[nH]c2ccc(C3CCN(C(=O)CCNc4ncccn4)CC3)cc2c1C(C)C. The van der Waals surface area contributed by atoms with E-state index in [0.717, 1.165) is 32.4 Å². The van der Waals surface area contributed by atoms with E-state index in [4.69, 9.17) is 0 Å². The first-order valence-corrected chi connectivity index (χ1v) is 13.7. The molecule has 1 aromatic carbocycles. The molecule has 1 aliphatic heterocycles. The van der Waals surface area contributed by atoms with Crippen LogP contribution in [0.5, 0.6) is 0 Å². The fraction of sp³-hybridized carbons (Fsp3) is 0.452. The van der Waals surface area contributed by atoms with Gasteiger partial charge in [0, 0.05) is 55.0 Å². The number of rotatable bonds is 9. The summed E-state index contributed by atoms with van der Waals surface area (Å²) >= 11 is 0. The van der Waals surface area contributed by atoms with Gasteiger partial charge >= 0.3 is 0 Å². The van der Waals surface area contributed by atoms with Crippen molar-refractivity contribution >= 4 is 28.3 Å². The summed E-state index contributed by atoms with van der Waals surface area (Å²) in [5.41, 5.74) is 7.83. The van der Waals surface area contributed by atoms with E-state index >= 15 is 0 Å². The summed E-state index contributed by atoms with van der Waals surface area (Å²) < 4.78 is 0. The molecule has 0 saturated carbocycles. The Morgan fingerprint density at radius 2 is 1.92 bits per heavy atom. The molecule has 1 amide bonds. The van der Waals surface area contributed by atoms with Gasteiger partial charge in [-0.05, 0) is 79.8 Å². The Balaban J connectivity index is 1.45. The zero-order valence-corrected chi connectivity index (χ0v) is 23.0. The van der Waals surface area contributed by atoms with Gasteiger partial charge in [0.15, 0.2) is 0 Å². The van der Waals surface area contributed by atoms with Crippen molar-refractivity contribution < 1.29 is 4.79 Å². The maximum absolute atomic E-state index is 12.8. The normalized spacial score (nSPS) is 14.9. The van der Waals surface area contributed by atoms with Crippen LogP contribution in [0.15, 0.2) is 54.4 Å². The minimum atomic E-state index is 0.198. The van der Waals surface area contributed by atoms with Gasteiger partial charge < -0.3 is 15.2 Å². The number of hydrogen-bond acceptors (Lipinski definition) is 4. The van der Waals surface area contributed by atoms with E-state index in [1.165, 1.54) is 38.9 Å². The number of carbonyl (C=O) groups excluding carboxylic acids is 1. The second-order valence-electron chi connectivity index (χ2n) is 10.6. The van der Waals surface area contributed by atoms with Crippen molar-refractivity contribution in [3.8, 4) is 0 Å². The molecule has 2 N–H and O–H groups in total. The molecule has 1 saturated heterocycles. The number of hydrogen-bond donors (Lipinski definition) is 2. The predicted octanol–water partition coefficient (Wildman–Crippen LogP) is 7.05. The first-order valence-electron chi connectivity index (χ1n) is 13.7. The number of aromatic nitrogens is 3. The van der Waals surface area contributed by atoms with Gasteiger partial charge in [-0.3, -0.25) is 4.79 Å². The van der Waals surface area contributed by atoms with Crippen LogP contribution in [0.2, 0.25) is 0 Å². The maximum atomic E-state index is 12.8. The number of piperidine rings is 1. The molecule has 6 nitrogen and oxygen atoms in total. The third-order valence-corrected chi connectivity index (χ3v) is 7.10. The first-order chi connectivity index (χ1) is 17.9. The van der Waals surface area contributed by atoms with Crippen LogP contribution in [0.1, 0.15) is 89.0 Å². The average molecular weight is 500 g/mol. The fourth-order valence-electron chi connectivity index (χ4n) is 5.37. The quantitative estimate of drug-likeness (QED) is 0.309. The molecule has 196 valence electrons. The third kappa shape index (κ3) is 6.48. The van der Waals surface area contributed by atoms with E-state index in [1.807, 2.05) is 4.90 Å². The van der Waals surface area contributed by atoms with Crippen LogP contribution in [0.4, 0.5) is 5.95 Å². The van der Waals surface area contributed by atoms with Crippen LogP contribution in [-0.4, -0.2) is 45.4 Å². The molecule has 4 rings (SSSR count). The zero-order valence-electron chi connectivity index (χ0n) is 23.0. The summed E-state index contributed by atoms with van der Waals surface area (Å²) in [4.78, 5) is 26.8. The molecule has 0 radical (unpaired) electrons. The summed E-state index contributed by atoms with van der Waals surface area (Å²) in [6.07, 6.45) is 11.5. The second-order valence-corrected chi connectivity index (χ2v) is 10.6. The summed E-state index contributed by atoms with van der Waals surface area (Å²) in [6.45, 7) is 13.2. The monoisotopic (exact) mass is 499 g/mol. The molecule has 3 aromatic rings. The number of aromatic amines is 1. The lowest BCUT2D eigenvalue weighted by Gasteiger charge is -2.32. The zero-order chi connectivity index (χ0) is 26.4. The number of allylic oxidation sites excluding steroid dienone is 4. The van der Waals surface area contributed by atoms with Crippen molar-refractivity contribution in [2.24, 2.45) is 0 Å². The van der Waals surface area contributed by atoms with Gasteiger partial charge in [0.05, 0.1) is 0 Å². The third-order valence-electron chi connectivity index (χ3n) is 7.10. The summed E-state index contributed by atoms with van der Waals surface area (Å²) in [5.74, 6) is 1.66. The van der Waals surface area contributed by atoms with Crippen LogP contribution in [0.3, 0.4) is 0 Å². The van der Waals surface area contributed by atoms with Crippen LogP contribution < -0.4 is 5.32 Å². The molecular weight excluding hydrogens is 458 g/mol. The molecule has 3 heterocycles. The maximum Gasteiger partial charge on any atom is 0.224 e. The first kappa shape index (κ1) is 26.6. The Labute approximate surface area is 221 Å². The molecule has 0 aliphatic carbocycles. The number of nitrogens with one attached hydrogen (secondary N) is 2. The molecule has 6 heteroatoms. The highest BCUT2D eigenvalue weighted by molar-refractivity contribution is 5.92. The molecular formula is C31H41N5O. The number of amides is 1. The Morgan fingerprint density at radius 3 is 2.57 bits per heavy atom. The van der Waals surface area contributed by atoms with Gasteiger partial charge in [-0.2, -0.15) is 0 Å². The van der Waals surface area contributed by atoms with Crippen molar-refractivity contribution in [1.29, 1.82) is 0 Å². The Hall–Kier alpha value is -3.41. The minimum Gasteiger partial charge on any atom is -0.354 e. The molecule has 1 fully saturated rings. The highest BCUT2D eigenvalue weighted by Gasteiger charge is 2.25. The van der Waals surface area contributed by atoms with Crippen LogP contribution in [-0.2, 0) is 4.79 Å². The molecule has 37 heavy (non-hydrogen) atoms. The van der Waals surface area contributed by atoms with E-state index in [9.17, 15) is 4.79 Å². The molecule has 2 aromatic heterocycles. The van der Waals surface area contributed by atoms with E-state index in [-0.39, 0.29) is 5.91 Å². The number of anilines is 1. The van der Waals surface area contributed by atoms with Gasteiger partial charge in [0.25, 0.3) is 0 Å². The van der Waals surface area contributed by atoms with Crippen molar-refractivity contribution in [2.75, 3.05) is 25.0 Å². The molecule has 0 unspecified atom stereocenters. The van der Waals surface area contributed by atoms with E-state index < -0.39 is 0 Å². The van der Waals surface area contributed by atoms with E-state index in [2.05, 4.69) is 85.2 Å². The lowest BCUT2D eigenvalue weighted by Crippen LogP contribution is -2.38. The number of benzene rings is 1. The lowest BCUT2D eigenvalue weighted by atomic mass is 9.87. The van der Waals surface area contributed by atoms with E-state index in [1.54, 1.807) is 18.5 Å². The summed E-state index contributed by atoms with van der Waals surface area (Å²) in [5, 5.41) is 4.46. The fourth-order valence-corrected chi connectivity index (χ4v) is 5.37. The van der Waals surface area contributed by atoms with Crippen molar-refractivity contribution in [3.05, 3.63) is 71.2 Å². The molecule has 0 bridgehead atoms. The largest absolute Gasteiger partial charge is 0.354 e. The number of carbonyl (C=O) groups is 1. The van der Waals surface area contributed by atoms with Crippen LogP contribution in [0, 0.1) is 0 Å². The van der Waals surface area contributed by atoms with Gasteiger partial charge in [0.2, 0.25) is 11.9 Å². The summed E-state index contributed by atoms with van der Waals surface area (Å²) in [7, 11) is 0. The van der Waals surface area contributed by atoms with Gasteiger partial charge in [-0.25, -0.2) is 9.97 Å². The van der Waals surface area contributed by atoms with Crippen molar-refractivity contribution in [3.63, 3.8) is 0 Å². The van der Waals surface area contributed by atoms with Gasteiger partial charge in [-0.1, -0.05) is 44.6 Å². The topological polar surface area (TPSA) is 73.9 Å². The average Bonchev–Trinajstić information content (AvgIpc) is 3.28. The predicted molar refractivity (Wildman–Crippen MR) is 154 cm³/mol. The van der Waals surface area contributed by atoms with Crippen LogP contribution >= 0.6 is 0 Å². The minimum absolute atomic E-state index is 0.198. The van der Waals surface area contributed by atoms with Crippen molar-refractivity contribution in [1.82, 2.24) is 19.9 Å². The molecule has 1 aliphatic rings. The number of H-pyrrole nitrogens is 1. The van der Waals surface area contributed by atoms with Crippen molar-refractivity contribution in [2.45, 2.75) is 72.1 Å². The lowest BCUT2D eigenvalue weighted by molar-refractivity contribution is -0.131. The van der Waals surface area contributed by atoms with E-state index in [0.29, 0.717) is 30.7 Å². The van der Waals surface area contributed by atoms with Gasteiger partial charge in [-0.15, -0.1) is 0 Å². The number of fused-ring (bicyclic) bond motifs is 1. The number of likely N-dealkylation sites (tertiary alicyclic amines) is 1. The summed E-state index contributed by atoms with van der Waals surface area (Å²) in [6, 6.07) is 8.72. The van der Waals surface area contributed by atoms with Gasteiger partial charge in [0.1, 0.15) is 0 Å². The smallest absolute Gasteiger partial charge is 0.224 e. The van der Waals surface area contributed by atoms with Crippen LogP contribution in [0.25, 0.3) is 16.5 Å². The molecule has 0 spiro atoms.